The van der Waals surface area contributed by atoms with Gasteiger partial charge in [0.1, 0.15) is 23.9 Å². The molecule has 0 aliphatic rings. The summed E-state index contributed by atoms with van der Waals surface area (Å²) in [5.74, 6) is -0.496. The van der Waals surface area contributed by atoms with E-state index in [4.69, 9.17) is 14.6 Å². The zero-order valence-corrected chi connectivity index (χ0v) is 13.2. The highest BCUT2D eigenvalue weighted by molar-refractivity contribution is 5.89. The molecule has 0 aliphatic carbocycles. The second-order valence-electron chi connectivity index (χ2n) is 4.87. The lowest BCUT2D eigenvalue weighted by Crippen LogP contribution is -2.11. The van der Waals surface area contributed by atoms with Crippen LogP contribution in [0.15, 0.2) is 36.4 Å². The summed E-state index contributed by atoms with van der Waals surface area (Å²) >= 11 is 0. The van der Waals surface area contributed by atoms with Crippen LogP contribution in [0.4, 0.5) is 20.6 Å². The van der Waals surface area contributed by atoms with Crippen LogP contribution >= 0.6 is 0 Å². The Morgan fingerprint density at radius 3 is 2.60 bits per heavy atom. The second kappa shape index (κ2) is 8.06. The van der Waals surface area contributed by atoms with Crippen LogP contribution in [-0.4, -0.2) is 36.4 Å². The van der Waals surface area contributed by atoms with Gasteiger partial charge in [-0.2, -0.15) is 0 Å². The molecule has 2 aromatic rings. The van der Waals surface area contributed by atoms with Crippen LogP contribution in [-0.2, 0) is 4.74 Å². The van der Waals surface area contributed by atoms with Gasteiger partial charge in [0.15, 0.2) is 0 Å². The lowest BCUT2D eigenvalue weighted by molar-refractivity contribution is -0.383. The van der Waals surface area contributed by atoms with Gasteiger partial charge in [-0.05, 0) is 6.07 Å². The Morgan fingerprint density at radius 2 is 2.00 bits per heavy atom. The Kier molecular flexibility index (Phi) is 5.85. The van der Waals surface area contributed by atoms with Gasteiger partial charge in [-0.15, -0.1) is 0 Å². The molecule has 0 saturated heterocycles. The Morgan fingerprint density at radius 1 is 1.28 bits per heavy atom. The van der Waals surface area contributed by atoms with Crippen molar-refractivity contribution in [2.24, 2.45) is 0 Å². The van der Waals surface area contributed by atoms with E-state index in [-0.39, 0.29) is 35.8 Å². The quantitative estimate of drug-likeness (QED) is 0.449. The van der Waals surface area contributed by atoms with Crippen molar-refractivity contribution in [1.29, 1.82) is 0 Å². The third kappa shape index (κ3) is 4.42. The van der Waals surface area contributed by atoms with Gasteiger partial charge in [0.25, 0.3) is 5.69 Å². The number of anilines is 1. The fourth-order valence-electron chi connectivity index (χ4n) is 2.18. The minimum atomic E-state index is -1.47. The number of carbonyl (C=O) groups is 1. The Hall–Kier alpha value is -3.20. The third-order valence-electron chi connectivity index (χ3n) is 3.25. The molecule has 0 fully saturated rings. The molecule has 25 heavy (non-hydrogen) atoms. The largest absolute Gasteiger partial charge is 0.490 e. The number of hydrogen-bond acceptors (Lipinski definition) is 5. The third-order valence-corrected chi connectivity index (χ3v) is 3.25. The fourth-order valence-corrected chi connectivity index (χ4v) is 2.18. The number of amides is 1. The standard InChI is InChI=1S/C16H15FN2O6/c1-24-6-7-25-15-9-13(18-16(20)21)14(19(22)23)8-11(15)10-4-2-3-5-12(10)17/h2-5,8-9,18H,6-7H2,1H3,(H,20,21). The highest BCUT2D eigenvalue weighted by Crippen LogP contribution is 2.39. The van der Waals surface area contributed by atoms with Gasteiger partial charge in [-0.25, -0.2) is 9.18 Å². The van der Waals surface area contributed by atoms with E-state index in [1.807, 2.05) is 5.32 Å². The topological polar surface area (TPSA) is 111 Å². The number of nitro benzene ring substituents is 1. The lowest BCUT2D eigenvalue weighted by atomic mass is 10.0. The van der Waals surface area contributed by atoms with Crippen molar-refractivity contribution < 1.29 is 28.7 Å². The van der Waals surface area contributed by atoms with Crippen molar-refractivity contribution in [2.45, 2.75) is 0 Å². The monoisotopic (exact) mass is 350 g/mol. The van der Waals surface area contributed by atoms with E-state index in [0.717, 1.165) is 12.1 Å². The van der Waals surface area contributed by atoms with Crippen molar-refractivity contribution in [3.8, 4) is 16.9 Å². The number of halogens is 1. The van der Waals surface area contributed by atoms with Crippen LogP contribution in [0, 0.1) is 15.9 Å². The van der Waals surface area contributed by atoms with E-state index in [0.29, 0.717) is 0 Å². The highest BCUT2D eigenvalue weighted by Gasteiger charge is 2.22. The summed E-state index contributed by atoms with van der Waals surface area (Å²) in [4.78, 5) is 21.4. The number of nitrogens with one attached hydrogen (secondary N) is 1. The molecule has 0 spiro atoms. The molecule has 2 aromatic carbocycles. The first-order chi connectivity index (χ1) is 11.9. The number of rotatable bonds is 7. The number of nitro groups is 1. The first-order valence-corrected chi connectivity index (χ1v) is 7.13. The van der Waals surface area contributed by atoms with Gasteiger partial charge in [0.2, 0.25) is 0 Å². The number of methoxy groups -OCH3 is 1. The minimum absolute atomic E-state index is 0.0940. The number of nitrogens with zero attached hydrogens (tertiary/aromatic N) is 1. The predicted octanol–water partition coefficient (Wildman–Crippen LogP) is 3.52. The zero-order valence-electron chi connectivity index (χ0n) is 13.2. The van der Waals surface area contributed by atoms with Gasteiger partial charge in [-0.1, -0.05) is 18.2 Å². The van der Waals surface area contributed by atoms with Gasteiger partial charge >= 0.3 is 6.09 Å². The Bertz CT molecular complexity index is 796. The molecule has 0 bridgehead atoms. The molecule has 9 heteroatoms. The molecular formula is C16H15FN2O6. The molecule has 0 atom stereocenters. The summed E-state index contributed by atoms with van der Waals surface area (Å²) in [6, 6.07) is 7.95. The smallest absolute Gasteiger partial charge is 0.409 e. The van der Waals surface area contributed by atoms with Crippen LogP contribution in [0.2, 0.25) is 0 Å². The Labute approximate surface area is 141 Å². The molecule has 0 unspecified atom stereocenters. The van der Waals surface area contributed by atoms with Crippen molar-refractivity contribution >= 4 is 17.5 Å². The average molecular weight is 350 g/mol. The molecule has 2 N–H and O–H groups in total. The molecule has 0 heterocycles. The van der Waals surface area contributed by atoms with Crippen molar-refractivity contribution in [2.75, 3.05) is 25.6 Å². The van der Waals surface area contributed by atoms with Crippen LogP contribution in [0.5, 0.6) is 5.75 Å². The van der Waals surface area contributed by atoms with Gasteiger partial charge in [-0.3, -0.25) is 15.4 Å². The van der Waals surface area contributed by atoms with Gasteiger partial charge in [0, 0.05) is 30.4 Å². The maximum Gasteiger partial charge on any atom is 0.409 e. The maximum absolute atomic E-state index is 14.1. The molecule has 0 saturated carbocycles. The fraction of sp³-hybridized carbons (Fsp3) is 0.188. The number of hydrogen-bond donors (Lipinski definition) is 2. The van der Waals surface area contributed by atoms with Crippen molar-refractivity contribution in [3.63, 3.8) is 0 Å². The summed E-state index contributed by atoms with van der Waals surface area (Å²) in [7, 11) is 1.47. The number of ether oxygens (including phenoxy) is 2. The summed E-state index contributed by atoms with van der Waals surface area (Å²) < 4.78 is 24.5. The molecule has 0 aromatic heterocycles. The molecule has 0 radical (unpaired) electrons. The summed E-state index contributed by atoms with van der Waals surface area (Å²) in [6.07, 6.45) is -1.47. The minimum Gasteiger partial charge on any atom is -0.490 e. The van der Waals surface area contributed by atoms with Crippen LogP contribution in [0.1, 0.15) is 0 Å². The Balaban J connectivity index is 2.61. The summed E-state index contributed by atoms with van der Waals surface area (Å²) in [6.45, 7) is 0.331. The van der Waals surface area contributed by atoms with E-state index in [1.54, 1.807) is 6.07 Å². The molecule has 0 aliphatic heterocycles. The van der Waals surface area contributed by atoms with Crippen molar-refractivity contribution in [1.82, 2.24) is 0 Å². The van der Waals surface area contributed by atoms with E-state index in [1.165, 1.54) is 25.3 Å². The summed E-state index contributed by atoms with van der Waals surface area (Å²) in [5, 5.41) is 22.1. The van der Waals surface area contributed by atoms with E-state index in [9.17, 15) is 19.3 Å². The van der Waals surface area contributed by atoms with Gasteiger partial charge in [0.05, 0.1) is 11.5 Å². The number of carboxylic acid groups (broad SMARTS) is 1. The lowest BCUT2D eigenvalue weighted by Gasteiger charge is -2.14. The molecule has 8 nitrogen and oxygen atoms in total. The van der Waals surface area contributed by atoms with Gasteiger partial charge < -0.3 is 14.6 Å². The molecule has 132 valence electrons. The molecule has 1 amide bonds. The second-order valence-corrected chi connectivity index (χ2v) is 4.87. The zero-order chi connectivity index (χ0) is 18.4. The average Bonchev–Trinajstić information content (AvgIpc) is 2.55. The first-order valence-electron chi connectivity index (χ1n) is 7.13. The van der Waals surface area contributed by atoms with E-state index >= 15 is 0 Å². The van der Waals surface area contributed by atoms with E-state index < -0.39 is 22.5 Å². The normalized spacial score (nSPS) is 10.3. The van der Waals surface area contributed by atoms with Crippen LogP contribution in [0.25, 0.3) is 11.1 Å². The van der Waals surface area contributed by atoms with Crippen LogP contribution in [0.3, 0.4) is 0 Å². The maximum atomic E-state index is 14.1. The predicted molar refractivity (Wildman–Crippen MR) is 87.5 cm³/mol. The summed E-state index contributed by atoms with van der Waals surface area (Å²) in [5.41, 5.74) is -0.554. The number of benzene rings is 2. The highest BCUT2D eigenvalue weighted by atomic mass is 19.1. The molecular weight excluding hydrogens is 335 g/mol. The van der Waals surface area contributed by atoms with Crippen LogP contribution < -0.4 is 10.1 Å². The van der Waals surface area contributed by atoms with E-state index in [2.05, 4.69) is 0 Å². The molecule has 2 rings (SSSR count). The van der Waals surface area contributed by atoms with Crippen molar-refractivity contribution in [3.05, 3.63) is 52.3 Å². The SMILES string of the molecule is COCCOc1cc(NC(=O)O)c([N+](=O)[O-])cc1-c1ccccc1F. The first kappa shape index (κ1) is 18.1.